The molecule has 2 amide bonds. The van der Waals surface area contributed by atoms with Gasteiger partial charge in [0.1, 0.15) is 34.9 Å². The van der Waals surface area contributed by atoms with Gasteiger partial charge in [0.25, 0.3) is 0 Å². The molecule has 208 valence electrons. The number of carbonyl (C=O) groups is 3. The van der Waals surface area contributed by atoms with E-state index in [1.807, 2.05) is 25.1 Å². The molecule has 2 aromatic rings. The summed E-state index contributed by atoms with van der Waals surface area (Å²) in [5.74, 6) is -0.248. The van der Waals surface area contributed by atoms with E-state index >= 15 is 0 Å². The number of nitrogens with zero attached hydrogens (tertiary/aromatic N) is 3. The largest absolute Gasteiger partial charge is 0.461 e. The van der Waals surface area contributed by atoms with Crippen LogP contribution < -0.4 is 10.6 Å². The maximum absolute atomic E-state index is 13.6. The fraction of sp³-hybridized carbons (Fsp3) is 0.517. The monoisotopic (exact) mass is 535 g/mol. The Morgan fingerprint density at radius 3 is 2.54 bits per heavy atom. The highest BCUT2D eigenvalue weighted by Gasteiger charge is 2.32. The third kappa shape index (κ3) is 7.11. The van der Waals surface area contributed by atoms with E-state index < -0.39 is 17.6 Å². The second-order valence-electron chi connectivity index (χ2n) is 11.1. The lowest BCUT2D eigenvalue weighted by Gasteiger charge is -2.28. The summed E-state index contributed by atoms with van der Waals surface area (Å²) in [7, 11) is 0. The molecule has 0 bridgehead atoms. The lowest BCUT2D eigenvalue weighted by molar-refractivity contribution is -0.149. The number of rotatable bonds is 7. The number of furan rings is 1. The number of nitrogens with one attached hydrogen (secondary N) is 2. The molecule has 0 aliphatic carbocycles. The highest BCUT2D eigenvalue weighted by molar-refractivity contribution is 5.95. The van der Waals surface area contributed by atoms with E-state index in [4.69, 9.17) is 9.15 Å². The van der Waals surface area contributed by atoms with Gasteiger partial charge in [-0.05, 0) is 84.1 Å². The van der Waals surface area contributed by atoms with Crippen LogP contribution in [0.5, 0.6) is 0 Å². The predicted octanol–water partition coefficient (Wildman–Crippen LogP) is 3.82. The zero-order valence-corrected chi connectivity index (χ0v) is 23.1. The van der Waals surface area contributed by atoms with Gasteiger partial charge in [-0.2, -0.15) is 5.26 Å². The Morgan fingerprint density at radius 2 is 1.85 bits per heavy atom. The summed E-state index contributed by atoms with van der Waals surface area (Å²) in [4.78, 5) is 42.8. The van der Waals surface area contributed by atoms with Crippen LogP contribution in [-0.2, 0) is 19.1 Å². The second kappa shape index (κ2) is 11.8. The van der Waals surface area contributed by atoms with Crippen LogP contribution in [0, 0.1) is 18.3 Å². The predicted molar refractivity (Wildman–Crippen MR) is 146 cm³/mol. The van der Waals surface area contributed by atoms with Crippen molar-refractivity contribution in [1.82, 2.24) is 15.1 Å². The molecule has 2 aliphatic rings. The van der Waals surface area contributed by atoms with Gasteiger partial charge in [0.2, 0.25) is 11.8 Å². The van der Waals surface area contributed by atoms with E-state index in [0.29, 0.717) is 24.2 Å². The van der Waals surface area contributed by atoms with Crippen molar-refractivity contribution < 1.29 is 23.5 Å². The number of aryl methyl sites for hydroxylation is 1. The molecule has 1 aromatic carbocycles. The van der Waals surface area contributed by atoms with Gasteiger partial charge in [-0.1, -0.05) is 0 Å². The number of ether oxygens (including phenoxy) is 1. The summed E-state index contributed by atoms with van der Waals surface area (Å²) in [6.45, 7) is 8.98. The summed E-state index contributed by atoms with van der Waals surface area (Å²) in [5.41, 5.74) is 0.221. The molecule has 4 rings (SSSR count). The number of fused-ring (bicyclic) bond motifs is 1. The van der Waals surface area contributed by atoms with E-state index in [-0.39, 0.29) is 29.8 Å². The first kappa shape index (κ1) is 28.0. The topological polar surface area (TPSA) is 128 Å². The number of hydrogen-bond acceptors (Lipinski definition) is 8. The van der Waals surface area contributed by atoms with Crippen LogP contribution in [0.3, 0.4) is 0 Å². The van der Waals surface area contributed by atoms with Crippen LogP contribution in [0.1, 0.15) is 58.6 Å². The minimum Gasteiger partial charge on any atom is -0.461 e. The first-order chi connectivity index (χ1) is 18.5. The van der Waals surface area contributed by atoms with Gasteiger partial charge < -0.3 is 29.6 Å². The Labute approximate surface area is 228 Å². The van der Waals surface area contributed by atoms with Crippen molar-refractivity contribution in [3.8, 4) is 6.07 Å². The maximum Gasteiger partial charge on any atom is 0.353 e. The third-order valence-corrected chi connectivity index (χ3v) is 6.76. The van der Waals surface area contributed by atoms with Crippen LogP contribution >= 0.6 is 0 Å². The minimum atomic E-state index is -0.817. The van der Waals surface area contributed by atoms with Gasteiger partial charge in [0.05, 0.1) is 6.54 Å². The van der Waals surface area contributed by atoms with Gasteiger partial charge in [-0.15, -0.1) is 0 Å². The van der Waals surface area contributed by atoms with Gasteiger partial charge in [0.15, 0.2) is 5.57 Å². The van der Waals surface area contributed by atoms with Crippen LogP contribution in [0.15, 0.2) is 40.1 Å². The Balaban J connectivity index is 1.62. The number of amides is 2. The van der Waals surface area contributed by atoms with E-state index in [0.717, 1.165) is 49.9 Å². The van der Waals surface area contributed by atoms with Gasteiger partial charge >= 0.3 is 5.97 Å². The van der Waals surface area contributed by atoms with Gasteiger partial charge in [-0.25, -0.2) is 4.79 Å². The van der Waals surface area contributed by atoms with Crippen molar-refractivity contribution in [2.75, 3.05) is 31.5 Å². The number of nitriles is 1. The molecule has 2 aliphatic heterocycles. The van der Waals surface area contributed by atoms with Gasteiger partial charge in [0, 0.05) is 30.7 Å². The molecule has 2 saturated heterocycles. The number of likely N-dealkylation sites (tertiary alicyclic amines) is 2. The molecule has 10 heteroatoms. The molecule has 0 saturated carbocycles. The first-order valence-corrected chi connectivity index (χ1v) is 13.5. The number of anilines is 1. The lowest BCUT2D eigenvalue weighted by Crippen LogP contribution is -2.49. The molecular formula is C29H37N5O5. The maximum atomic E-state index is 13.6. The molecule has 1 aromatic heterocycles. The summed E-state index contributed by atoms with van der Waals surface area (Å²) in [6.07, 6.45) is 3.97. The summed E-state index contributed by atoms with van der Waals surface area (Å²) in [5, 5.41) is 17.2. The molecule has 0 radical (unpaired) electrons. The fourth-order valence-corrected chi connectivity index (χ4v) is 4.90. The standard InChI is InChI=1S/C29H37N5O5/c1-19-15-20-16-21(10-11-24(20)38-19)31-26(22(17-30)28(37)39-29(2,3)4)32-23-9-5-6-14-34(27(23)36)18-25(35)33-12-7-8-13-33/h10-11,15-16,23,31-32H,5-9,12-14,18H2,1-4H3/b26-22-/t23-/m0/s1. The smallest absolute Gasteiger partial charge is 0.353 e. The van der Waals surface area contributed by atoms with E-state index in [1.54, 1.807) is 42.7 Å². The van der Waals surface area contributed by atoms with E-state index in [2.05, 4.69) is 10.6 Å². The van der Waals surface area contributed by atoms with E-state index in [1.165, 1.54) is 0 Å². The molecule has 3 heterocycles. The lowest BCUT2D eigenvalue weighted by atomic mass is 10.1. The molecular weight excluding hydrogens is 498 g/mol. The van der Waals surface area contributed by atoms with Crippen molar-refractivity contribution >= 4 is 34.4 Å². The van der Waals surface area contributed by atoms with Crippen molar-refractivity contribution in [2.24, 2.45) is 0 Å². The summed E-state index contributed by atoms with van der Waals surface area (Å²) < 4.78 is 11.2. The molecule has 2 N–H and O–H groups in total. The molecule has 39 heavy (non-hydrogen) atoms. The Kier molecular flexibility index (Phi) is 8.48. The summed E-state index contributed by atoms with van der Waals surface area (Å²) in [6, 6.07) is 8.53. The van der Waals surface area contributed by atoms with Crippen LogP contribution in [-0.4, -0.2) is 65.4 Å². The number of hydrogen-bond donors (Lipinski definition) is 2. The molecule has 1 atom stereocenters. The normalized spacial score (nSPS) is 18.8. The molecule has 10 nitrogen and oxygen atoms in total. The zero-order chi connectivity index (χ0) is 28.2. The Morgan fingerprint density at radius 1 is 1.13 bits per heavy atom. The third-order valence-electron chi connectivity index (χ3n) is 6.76. The molecule has 0 unspecified atom stereocenters. The minimum absolute atomic E-state index is 0.0250. The van der Waals surface area contributed by atoms with Crippen molar-refractivity contribution in [2.45, 2.75) is 71.4 Å². The Bertz CT molecular complexity index is 1310. The average molecular weight is 536 g/mol. The first-order valence-electron chi connectivity index (χ1n) is 13.5. The van der Waals surface area contributed by atoms with E-state index in [9.17, 15) is 19.6 Å². The second-order valence-corrected chi connectivity index (χ2v) is 11.1. The number of carbonyl (C=O) groups excluding carboxylic acids is 3. The van der Waals surface area contributed by atoms with Crippen LogP contribution in [0.4, 0.5) is 5.69 Å². The highest BCUT2D eigenvalue weighted by Crippen LogP contribution is 2.25. The molecule has 2 fully saturated rings. The summed E-state index contributed by atoms with van der Waals surface area (Å²) >= 11 is 0. The fourth-order valence-electron chi connectivity index (χ4n) is 4.90. The van der Waals surface area contributed by atoms with Crippen molar-refractivity contribution in [1.29, 1.82) is 5.26 Å². The SMILES string of the molecule is Cc1cc2cc(N/C(N[C@H]3CCCCN(CC(=O)N4CCCC4)C3=O)=C(\C#N)C(=O)OC(C)(C)C)ccc2o1. The van der Waals surface area contributed by atoms with Crippen molar-refractivity contribution in [3.63, 3.8) is 0 Å². The Hall–Kier alpha value is -4.00. The average Bonchev–Trinajstić information content (AvgIpc) is 3.49. The number of esters is 1. The quantitative estimate of drug-likeness (QED) is 0.311. The van der Waals surface area contributed by atoms with Crippen LogP contribution in [0.2, 0.25) is 0 Å². The molecule has 0 spiro atoms. The zero-order valence-electron chi connectivity index (χ0n) is 23.1. The number of benzene rings is 1. The van der Waals surface area contributed by atoms with Gasteiger partial charge in [-0.3, -0.25) is 9.59 Å². The van der Waals surface area contributed by atoms with Crippen molar-refractivity contribution in [3.05, 3.63) is 41.4 Å². The van der Waals surface area contributed by atoms with Crippen LogP contribution in [0.25, 0.3) is 11.0 Å². The highest BCUT2D eigenvalue weighted by atomic mass is 16.6.